The molecule has 1 nitrogen and oxygen atoms in total. The van der Waals surface area contributed by atoms with Crippen LogP contribution < -0.4 is 5.73 Å². The SMILES string of the molecule is NCCC(c1ccccc1F)C1CCCCC1. The molecule has 0 aliphatic heterocycles. The lowest BCUT2D eigenvalue weighted by atomic mass is 9.75. The second kappa shape index (κ2) is 6.15. The molecule has 1 aliphatic carbocycles. The first kappa shape index (κ1) is 12.6. The molecule has 2 N–H and O–H groups in total. The fourth-order valence-corrected chi connectivity index (χ4v) is 3.14. The highest BCUT2D eigenvalue weighted by Crippen LogP contribution is 2.38. The average molecular weight is 235 g/mol. The summed E-state index contributed by atoms with van der Waals surface area (Å²) in [6.45, 7) is 0.648. The minimum atomic E-state index is -0.0588. The summed E-state index contributed by atoms with van der Waals surface area (Å²) in [5.74, 6) is 0.891. The summed E-state index contributed by atoms with van der Waals surface area (Å²) in [6.07, 6.45) is 7.30. The molecule has 1 unspecified atom stereocenters. The summed E-state index contributed by atoms with van der Waals surface area (Å²) in [5.41, 5.74) is 6.58. The Morgan fingerprint density at radius 2 is 1.88 bits per heavy atom. The van der Waals surface area contributed by atoms with Crippen LogP contribution in [-0.4, -0.2) is 6.54 Å². The largest absolute Gasteiger partial charge is 0.330 e. The highest BCUT2D eigenvalue weighted by atomic mass is 19.1. The Morgan fingerprint density at radius 3 is 2.53 bits per heavy atom. The predicted octanol–water partition coefficient (Wildman–Crippen LogP) is 3.84. The Labute approximate surface area is 103 Å². The van der Waals surface area contributed by atoms with Crippen molar-refractivity contribution in [2.45, 2.75) is 44.4 Å². The lowest BCUT2D eigenvalue weighted by molar-refractivity contribution is 0.291. The van der Waals surface area contributed by atoms with Crippen molar-refractivity contribution < 1.29 is 4.39 Å². The summed E-state index contributed by atoms with van der Waals surface area (Å²) < 4.78 is 13.9. The van der Waals surface area contributed by atoms with E-state index in [4.69, 9.17) is 5.73 Å². The van der Waals surface area contributed by atoms with Crippen LogP contribution in [0.1, 0.15) is 50.0 Å². The molecule has 0 amide bonds. The van der Waals surface area contributed by atoms with Gasteiger partial charge in [-0.1, -0.05) is 37.5 Å². The van der Waals surface area contributed by atoms with E-state index >= 15 is 0 Å². The van der Waals surface area contributed by atoms with Gasteiger partial charge in [-0.05, 0) is 49.3 Å². The van der Waals surface area contributed by atoms with Gasteiger partial charge < -0.3 is 5.73 Å². The minimum absolute atomic E-state index is 0.0588. The molecule has 0 bridgehead atoms. The van der Waals surface area contributed by atoms with E-state index in [2.05, 4.69) is 0 Å². The minimum Gasteiger partial charge on any atom is -0.330 e. The standard InChI is InChI=1S/C15H22FN/c16-15-9-5-4-8-14(15)13(10-11-17)12-6-2-1-3-7-12/h4-5,8-9,12-13H,1-3,6-7,10-11,17H2. The van der Waals surface area contributed by atoms with Gasteiger partial charge in [0.25, 0.3) is 0 Å². The molecule has 1 atom stereocenters. The third-order valence-electron chi connectivity index (χ3n) is 4.00. The van der Waals surface area contributed by atoms with Gasteiger partial charge in [0.05, 0.1) is 0 Å². The summed E-state index contributed by atoms with van der Waals surface area (Å²) in [7, 11) is 0. The van der Waals surface area contributed by atoms with E-state index in [-0.39, 0.29) is 5.82 Å². The summed E-state index contributed by atoms with van der Waals surface area (Å²) in [6, 6.07) is 7.20. The van der Waals surface area contributed by atoms with Gasteiger partial charge in [0.1, 0.15) is 5.82 Å². The normalized spacial score (nSPS) is 19.2. The van der Waals surface area contributed by atoms with Crippen LogP contribution in [0.5, 0.6) is 0 Å². The Hall–Kier alpha value is -0.890. The highest BCUT2D eigenvalue weighted by Gasteiger charge is 2.26. The van der Waals surface area contributed by atoms with Gasteiger partial charge in [-0.25, -0.2) is 4.39 Å². The molecule has 0 radical (unpaired) electrons. The maximum absolute atomic E-state index is 13.9. The van der Waals surface area contributed by atoms with Crippen LogP contribution in [0.2, 0.25) is 0 Å². The van der Waals surface area contributed by atoms with Crippen molar-refractivity contribution >= 4 is 0 Å². The summed E-state index contributed by atoms with van der Waals surface area (Å²) in [4.78, 5) is 0. The molecule has 2 heteroatoms. The first-order valence-corrected chi connectivity index (χ1v) is 6.77. The first-order valence-electron chi connectivity index (χ1n) is 6.77. The van der Waals surface area contributed by atoms with E-state index in [1.54, 1.807) is 12.1 Å². The fourth-order valence-electron chi connectivity index (χ4n) is 3.14. The van der Waals surface area contributed by atoms with Crippen LogP contribution in [-0.2, 0) is 0 Å². The van der Waals surface area contributed by atoms with Gasteiger partial charge in [-0.3, -0.25) is 0 Å². The number of hydrogen-bond donors (Lipinski definition) is 1. The van der Waals surface area contributed by atoms with E-state index < -0.39 is 0 Å². The molecule has 1 aromatic rings. The van der Waals surface area contributed by atoms with Crippen molar-refractivity contribution in [1.82, 2.24) is 0 Å². The van der Waals surface area contributed by atoms with E-state index in [9.17, 15) is 4.39 Å². The second-order valence-electron chi connectivity index (χ2n) is 5.10. The molecule has 1 aliphatic rings. The third kappa shape index (κ3) is 3.06. The quantitative estimate of drug-likeness (QED) is 0.843. The van der Waals surface area contributed by atoms with Crippen LogP contribution in [0.25, 0.3) is 0 Å². The molecule has 1 aromatic carbocycles. The third-order valence-corrected chi connectivity index (χ3v) is 4.00. The van der Waals surface area contributed by atoms with Crippen LogP contribution in [0.4, 0.5) is 4.39 Å². The Morgan fingerprint density at radius 1 is 1.18 bits per heavy atom. The number of halogens is 1. The van der Waals surface area contributed by atoms with Crippen LogP contribution in [0.3, 0.4) is 0 Å². The molecule has 2 rings (SSSR count). The van der Waals surface area contributed by atoms with Crippen LogP contribution in [0, 0.1) is 11.7 Å². The number of rotatable bonds is 4. The maximum atomic E-state index is 13.9. The van der Waals surface area contributed by atoms with Crippen molar-refractivity contribution in [1.29, 1.82) is 0 Å². The fraction of sp³-hybridized carbons (Fsp3) is 0.600. The van der Waals surface area contributed by atoms with Gasteiger partial charge >= 0.3 is 0 Å². The van der Waals surface area contributed by atoms with Gasteiger partial charge in [-0.15, -0.1) is 0 Å². The average Bonchev–Trinajstić information content (AvgIpc) is 2.38. The van der Waals surface area contributed by atoms with Gasteiger partial charge in [0, 0.05) is 0 Å². The lowest BCUT2D eigenvalue weighted by Gasteiger charge is -2.30. The topological polar surface area (TPSA) is 26.0 Å². The first-order chi connectivity index (χ1) is 8.33. The van der Waals surface area contributed by atoms with Gasteiger partial charge in [0.15, 0.2) is 0 Å². The number of nitrogens with two attached hydrogens (primary N) is 1. The Balaban J connectivity index is 2.18. The van der Waals surface area contributed by atoms with Crippen molar-refractivity contribution in [2.75, 3.05) is 6.54 Å². The number of hydrogen-bond acceptors (Lipinski definition) is 1. The van der Waals surface area contributed by atoms with Gasteiger partial charge in [-0.2, -0.15) is 0 Å². The van der Waals surface area contributed by atoms with Crippen molar-refractivity contribution in [2.24, 2.45) is 11.7 Å². The molecular formula is C15H22FN. The second-order valence-corrected chi connectivity index (χ2v) is 5.10. The molecule has 0 spiro atoms. The van der Waals surface area contributed by atoms with Crippen molar-refractivity contribution in [3.05, 3.63) is 35.6 Å². The molecule has 0 saturated heterocycles. The lowest BCUT2D eigenvalue weighted by Crippen LogP contribution is -2.20. The van der Waals surface area contributed by atoms with Crippen LogP contribution >= 0.6 is 0 Å². The molecule has 1 saturated carbocycles. The Kier molecular flexibility index (Phi) is 4.55. The zero-order valence-corrected chi connectivity index (χ0v) is 10.4. The number of benzene rings is 1. The van der Waals surface area contributed by atoms with E-state index in [0.29, 0.717) is 18.4 Å². The Bertz CT molecular complexity index is 345. The van der Waals surface area contributed by atoms with Crippen LogP contribution in [0.15, 0.2) is 24.3 Å². The van der Waals surface area contributed by atoms with Crippen molar-refractivity contribution in [3.63, 3.8) is 0 Å². The maximum Gasteiger partial charge on any atom is 0.126 e. The molecule has 0 aromatic heterocycles. The highest BCUT2D eigenvalue weighted by molar-refractivity contribution is 5.22. The smallest absolute Gasteiger partial charge is 0.126 e. The zero-order valence-electron chi connectivity index (χ0n) is 10.4. The van der Waals surface area contributed by atoms with E-state index in [0.717, 1.165) is 12.0 Å². The molecule has 17 heavy (non-hydrogen) atoms. The van der Waals surface area contributed by atoms with E-state index in [1.165, 1.54) is 32.1 Å². The summed E-state index contributed by atoms with van der Waals surface area (Å²) >= 11 is 0. The molecule has 94 valence electrons. The summed E-state index contributed by atoms with van der Waals surface area (Å²) in [5, 5.41) is 0. The monoisotopic (exact) mass is 235 g/mol. The molecular weight excluding hydrogens is 213 g/mol. The molecule has 1 fully saturated rings. The zero-order chi connectivity index (χ0) is 12.1. The van der Waals surface area contributed by atoms with Gasteiger partial charge in [0.2, 0.25) is 0 Å². The van der Waals surface area contributed by atoms with Crippen molar-refractivity contribution in [3.8, 4) is 0 Å². The van der Waals surface area contributed by atoms with E-state index in [1.807, 2.05) is 12.1 Å². The predicted molar refractivity (Wildman–Crippen MR) is 69.4 cm³/mol. The molecule has 0 heterocycles.